The fraction of sp³-hybridized carbons (Fsp3) is 1.00. The van der Waals surface area contributed by atoms with Gasteiger partial charge in [-0.3, -0.25) is 4.90 Å². The van der Waals surface area contributed by atoms with Crippen LogP contribution >= 0.6 is 0 Å². The van der Waals surface area contributed by atoms with Gasteiger partial charge in [-0.15, -0.1) is 0 Å². The van der Waals surface area contributed by atoms with Gasteiger partial charge in [0.15, 0.2) is 0 Å². The van der Waals surface area contributed by atoms with E-state index in [1.807, 2.05) is 0 Å². The first-order valence-electron chi connectivity index (χ1n) is 4.87. The number of rotatable bonds is 0. The van der Waals surface area contributed by atoms with E-state index < -0.39 is 12.6 Å². The summed E-state index contributed by atoms with van der Waals surface area (Å²) in [5, 5.41) is 21.5. The average Bonchev–Trinajstić information content (AvgIpc) is 2.40. The highest BCUT2D eigenvalue weighted by Gasteiger charge is 2.44. The normalized spacial score (nSPS) is 36.9. The van der Waals surface area contributed by atoms with Crippen molar-refractivity contribution in [1.82, 2.24) is 4.90 Å². The molecule has 0 radical (unpaired) electrons. The smallest absolute Gasteiger partial charge is 0.263 e. The summed E-state index contributed by atoms with van der Waals surface area (Å²) < 4.78 is 12.8. The molecule has 0 spiro atoms. The molecule has 2 aliphatic heterocycles. The van der Waals surface area contributed by atoms with Gasteiger partial charge in [0.25, 0.3) is 6.48 Å². The maximum Gasteiger partial charge on any atom is 0.263 e. The van der Waals surface area contributed by atoms with Gasteiger partial charge in [0.1, 0.15) is 6.17 Å². The van der Waals surface area contributed by atoms with Crippen molar-refractivity contribution in [1.29, 1.82) is 0 Å². The molecule has 0 aliphatic carbocycles. The first kappa shape index (κ1) is 11.8. The number of hydrogen-bond donors (Lipinski definition) is 3. The Morgan fingerprint density at radius 2 is 2.00 bits per heavy atom. The summed E-state index contributed by atoms with van der Waals surface area (Å²) >= 11 is 0. The molecule has 2 rings (SSSR count). The quantitative estimate of drug-likeness (QED) is 0.483. The molecule has 2 atom stereocenters. The van der Waals surface area contributed by atoms with Crippen molar-refractivity contribution in [3.63, 3.8) is 0 Å². The standard InChI is InChI=1S/C8H14FN.CH4O3/c1-8-3-2-4-10(8)6-7(9)5-8;2-1(3)4/h7H,2-6H2,1H3;1-4H. The van der Waals surface area contributed by atoms with Gasteiger partial charge in [-0.25, -0.2) is 4.39 Å². The second-order valence-electron chi connectivity index (χ2n) is 4.19. The van der Waals surface area contributed by atoms with Crippen molar-refractivity contribution in [2.24, 2.45) is 0 Å². The maximum absolute atomic E-state index is 12.8. The first-order valence-corrected chi connectivity index (χ1v) is 4.87. The molecule has 0 aromatic heterocycles. The van der Waals surface area contributed by atoms with Gasteiger partial charge >= 0.3 is 0 Å². The Kier molecular flexibility index (Phi) is 3.83. The molecule has 2 saturated heterocycles. The fourth-order valence-corrected chi connectivity index (χ4v) is 2.40. The minimum atomic E-state index is -2.17. The zero-order valence-corrected chi connectivity index (χ0v) is 8.36. The topological polar surface area (TPSA) is 63.9 Å². The third kappa shape index (κ3) is 2.88. The predicted octanol–water partition coefficient (Wildman–Crippen LogP) is -0.170. The fourth-order valence-electron chi connectivity index (χ4n) is 2.40. The summed E-state index contributed by atoms with van der Waals surface area (Å²) in [5.74, 6) is 0. The third-order valence-corrected chi connectivity index (χ3v) is 2.99. The van der Waals surface area contributed by atoms with Crippen LogP contribution in [-0.2, 0) is 0 Å². The molecule has 0 amide bonds. The Morgan fingerprint density at radius 3 is 2.50 bits per heavy atom. The highest BCUT2D eigenvalue weighted by molar-refractivity contribution is 5.00. The lowest BCUT2D eigenvalue weighted by molar-refractivity contribution is -0.198. The maximum atomic E-state index is 12.8. The van der Waals surface area contributed by atoms with Crippen molar-refractivity contribution in [3.05, 3.63) is 0 Å². The van der Waals surface area contributed by atoms with Crippen LogP contribution in [0.1, 0.15) is 26.2 Å². The molecule has 2 unspecified atom stereocenters. The molecule has 5 heteroatoms. The molecule has 2 aliphatic rings. The number of aliphatic hydroxyl groups excluding tert-OH is 1. The molecule has 4 nitrogen and oxygen atoms in total. The number of fused-ring (bicyclic) bond motifs is 1. The lowest BCUT2D eigenvalue weighted by atomic mass is 9.97. The molecule has 0 aromatic rings. The van der Waals surface area contributed by atoms with E-state index >= 15 is 0 Å². The summed E-state index contributed by atoms with van der Waals surface area (Å²) in [6, 6.07) is 0. The van der Waals surface area contributed by atoms with Crippen molar-refractivity contribution >= 4 is 0 Å². The molecule has 0 aromatic carbocycles. The van der Waals surface area contributed by atoms with E-state index in [1.165, 1.54) is 12.8 Å². The molecular weight excluding hydrogens is 189 g/mol. The van der Waals surface area contributed by atoms with Crippen LogP contribution in [0.3, 0.4) is 0 Å². The lowest BCUT2D eigenvalue weighted by Crippen LogP contribution is -2.34. The van der Waals surface area contributed by atoms with E-state index in [4.69, 9.17) is 15.3 Å². The van der Waals surface area contributed by atoms with Gasteiger partial charge in [0.05, 0.1) is 0 Å². The van der Waals surface area contributed by atoms with Crippen LogP contribution in [0.4, 0.5) is 4.39 Å². The minimum absolute atomic E-state index is 0.236. The van der Waals surface area contributed by atoms with Crippen LogP contribution in [0, 0.1) is 0 Å². The van der Waals surface area contributed by atoms with E-state index in [9.17, 15) is 4.39 Å². The molecule has 2 fully saturated rings. The van der Waals surface area contributed by atoms with Gasteiger partial charge in [-0.05, 0) is 32.7 Å². The Hall–Kier alpha value is -0.230. The highest BCUT2D eigenvalue weighted by atomic mass is 19.1. The number of aliphatic hydroxyl groups is 3. The van der Waals surface area contributed by atoms with E-state index in [-0.39, 0.29) is 5.54 Å². The van der Waals surface area contributed by atoms with E-state index in [0.29, 0.717) is 6.54 Å². The van der Waals surface area contributed by atoms with E-state index in [0.717, 1.165) is 13.0 Å². The minimum Gasteiger partial charge on any atom is -0.346 e. The van der Waals surface area contributed by atoms with Gasteiger partial charge in [-0.2, -0.15) is 0 Å². The average molecular weight is 207 g/mol. The van der Waals surface area contributed by atoms with Gasteiger partial charge < -0.3 is 15.3 Å². The van der Waals surface area contributed by atoms with Crippen molar-refractivity contribution in [2.45, 2.75) is 44.4 Å². The molecule has 0 bridgehead atoms. The largest absolute Gasteiger partial charge is 0.346 e. The summed E-state index contributed by atoms with van der Waals surface area (Å²) in [7, 11) is 0. The Balaban J connectivity index is 0.000000213. The van der Waals surface area contributed by atoms with Crippen molar-refractivity contribution < 1.29 is 19.7 Å². The molecule has 0 saturated carbocycles. The zero-order chi connectivity index (χ0) is 10.8. The number of alkyl halides is 1. The highest BCUT2D eigenvalue weighted by Crippen LogP contribution is 2.39. The molecule has 84 valence electrons. The third-order valence-electron chi connectivity index (χ3n) is 2.99. The SMILES string of the molecule is CC12CCCN1CC(F)C2.OC(O)O. The zero-order valence-electron chi connectivity index (χ0n) is 8.36. The second kappa shape index (κ2) is 4.53. The van der Waals surface area contributed by atoms with Crippen LogP contribution in [-0.4, -0.2) is 51.5 Å². The van der Waals surface area contributed by atoms with Crippen LogP contribution in [0.2, 0.25) is 0 Å². The van der Waals surface area contributed by atoms with Crippen LogP contribution in [0.25, 0.3) is 0 Å². The van der Waals surface area contributed by atoms with Crippen LogP contribution < -0.4 is 0 Å². The summed E-state index contributed by atoms with van der Waals surface area (Å²) in [4.78, 5) is 2.30. The van der Waals surface area contributed by atoms with Gasteiger partial charge in [0, 0.05) is 12.1 Å². The Labute approximate surface area is 83.0 Å². The van der Waals surface area contributed by atoms with E-state index in [1.54, 1.807) is 0 Å². The predicted molar refractivity (Wildman–Crippen MR) is 49.2 cm³/mol. The number of nitrogens with zero attached hydrogens (tertiary/aromatic N) is 1. The number of halogens is 1. The monoisotopic (exact) mass is 207 g/mol. The van der Waals surface area contributed by atoms with Crippen molar-refractivity contribution in [2.75, 3.05) is 13.1 Å². The van der Waals surface area contributed by atoms with Crippen LogP contribution in [0.15, 0.2) is 0 Å². The lowest BCUT2D eigenvalue weighted by Gasteiger charge is -2.25. The Bertz CT molecular complexity index is 188. The summed E-state index contributed by atoms with van der Waals surface area (Å²) in [5.41, 5.74) is 0.236. The van der Waals surface area contributed by atoms with Crippen LogP contribution in [0.5, 0.6) is 0 Å². The Morgan fingerprint density at radius 1 is 1.43 bits per heavy atom. The van der Waals surface area contributed by atoms with Crippen molar-refractivity contribution in [3.8, 4) is 0 Å². The first-order chi connectivity index (χ1) is 6.44. The van der Waals surface area contributed by atoms with E-state index in [2.05, 4.69) is 11.8 Å². The summed E-state index contributed by atoms with van der Waals surface area (Å²) in [6.07, 6.45) is 2.69. The summed E-state index contributed by atoms with van der Waals surface area (Å²) in [6.45, 7) is 1.84. The second-order valence-corrected chi connectivity index (χ2v) is 4.19. The molecule has 14 heavy (non-hydrogen) atoms. The van der Waals surface area contributed by atoms with Gasteiger partial charge in [0.2, 0.25) is 0 Å². The number of hydrogen-bond acceptors (Lipinski definition) is 4. The van der Waals surface area contributed by atoms with Gasteiger partial charge in [-0.1, -0.05) is 0 Å². The molecule has 3 N–H and O–H groups in total. The molecule has 2 heterocycles. The molecular formula is C9H18FNO3.